The second-order valence-corrected chi connectivity index (χ2v) is 4.86. The second-order valence-electron chi connectivity index (χ2n) is 4.86. The Balaban J connectivity index is 1.82. The highest BCUT2D eigenvalue weighted by Gasteiger charge is 2.08. The lowest BCUT2D eigenvalue weighted by Crippen LogP contribution is -2.29. The molecule has 118 valence electrons. The summed E-state index contributed by atoms with van der Waals surface area (Å²) >= 11 is 0. The molecule has 2 aromatic rings. The van der Waals surface area contributed by atoms with Crippen LogP contribution in [0.5, 0.6) is 0 Å². The minimum atomic E-state index is -0.482. The van der Waals surface area contributed by atoms with Gasteiger partial charge in [-0.2, -0.15) is 5.26 Å². The number of carbonyl (C=O) groups is 1. The van der Waals surface area contributed by atoms with Gasteiger partial charge in [-0.05, 0) is 24.3 Å². The number of para-hydroxylation sites is 2. The maximum atomic E-state index is 11.7. The van der Waals surface area contributed by atoms with Gasteiger partial charge >= 0.3 is 6.09 Å². The third-order valence-electron chi connectivity index (χ3n) is 3.23. The first-order chi connectivity index (χ1) is 11.3. The molecule has 0 heterocycles. The van der Waals surface area contributed by atoms with Crippen molar-refractivity contribution in [2.75, 3.05) is 29.9 Å². The maximum Gasteiger partial charge on any atom is 0.411 e. The fraction of sp³-hybridized carbons (Fsp3) is 0.222. The molecular weight excluding hydrogens is 290 g/mol. The third kappa shape index (κ3) is 5.71. The van der Waals surface area contributed by atoms with E-state index in [1.807, 2.05) is 53.4 Å². The van der Waals surface area contributed by atoms with Gasteiger partial charge in [0.25, 0.3) is 0 Å². The number of carbonyl (C=O) groups excluding carboxylic acids is 1. The first-order valence-electron chi connectivity index (χ1n) is 7.45. The normalized spacial score (nSPS) is 9.70. The molecule has 0 aliphatic heterocycles. The molecule has 0 atom stereocenters. The topological polar surface area (TPSA) is 65.4 Å². The summed E-state index contributed by atoms with van der Waals surface area (Å²) < 4.78 is 5.20. The van der Waals surface area contributed by atoms with Gasteiger partial charge in [-0.15, -0.1) is 0 Å². The minimum absolute atomic E-state index is 0.249. The van der Waals surface area contributed by atoms with Crippen molar-refractivity contribution in [1.29, 1.82) is 5.26 Å². The number of benzene rings is 2. The highest BCUT2D eigenvalue weighted by atomic mass is 16.5. The predicted octanol–water partition coefficient (Wildman–Crippen LogP) is 3.66. The molecule has 0 aromatic heterocycles. The van der Waals surface area contributed by atoms with Crippen LogP contribution in [0, 0.1) is 11.3 Å². The van der Waals surface area contributed by atoms with E-state index in [0.717, 1.165) is 5.69 Å². The largest absolute Gasteiger partial charge is 0.447 e. The highest BCUT2D eigenvalue weighted by Crippen LogP contribution is 2.13. The van der Waals surface area contributed by atoms with Gasteiger partial charge in [0, 0.05) is 17.9 Å². The van der Waals surface area contributed by atoms with Crippen molar-refractivity contribution in [3.8, 4) is 6.07 Å². The average molecular weight is 309 g/mol. The molecule has 0 fully saturated rings. The lowest BCUT2D eigenvalue weighted by Gasteiger charge is -2.23. The molecule has 0 spiro atoms. The van der Waals surface area contributed by atoms with Crippen LogP contribution in [0.3, 0.4) is 0 Å². The Bertz CT molecular complexity index is 638. The van der Waals surface area contributed by atoms with Crippen molar-refractivity contribution >= 4 is 17.5 Å². The van der Waals surface area contributed by atoms with Crippen molar-refractivity contribution in [1.82, 2.24) is 0 Å². The van der Waals surface area contributed by atoms with E-state index >= 15 is 0 Å². The first-order valence-corrected chi connectivity index (χ1v) is 7.45. The van der Waals surface area contributed by atoms with Gasteiger partial charge in [0.1, 0.15) is 6.61 Å². The van der Waals surface area contributed by atoms with E-state index in [9.17, 15) is 4.79 Å². The molecular formula is C18H19N3O2. The summed E-state index contributed by atoms with van der Waals surface area (Å²) in [6.45, 7) is 1.39. The van der Waals surface area contributed by atoms with Gasteiger partial charge in [-0.25, -0.2) is 4.79 Å². The minimum Gasteiger partial charge on any atom is -0.447 e. The van der Waals surface area contributed by atoms with Crippen LogP contribution < -0.4 is 10.2 Å². The van der Waals surface area contributed by atoms with Crippen LogP contribution in [0.15, 0.2) is 60.7 Å². The van der Waals surface area contributed by atoms with Crippen LogP contribution in [0.1, 0.15) is 6.42 Å². The number of nitrogens with one attached hydrogen (secondary N) is 1. The van der Waals surface area contributed by atoms with Crippen LogP contribution in [-0.2, 0) is 4.74 Å². The van der Waals surface area contributed by atoms with E-state index in [1.165, 1.54) is 0 Å². The average Bonchev–Trinajstić information content (AvgIpc) is 2.59. The van der Waals surface area contributed by atoms with E-state index in [2.05, 4.69) is 11.4 Å². The molecule has 1 N–H and O–H groups in total. The van der Waals surface area contributed by atoms with Gasteiger partial charge in [-0.1, -0.05) is 36.4 Å². The van der Waals surface area contributed by atoms with Crippen molar-refractivity contribution in [2.24, 2.45) is 0 Å². The van der Waals surface area contributed by atoms with E-state index in [0.29, 0.717) is 25.2 Å². The number of hydrogen-bond donors (Lipinski definition) is 1. The zero-order valence-corrected chi connectivity index (χ0v) is 12.8. The van der Waals surface area contributed by atoms with Crippen LogP contribution >= 0.6 is 0 Å². The summed E-state index contributed by atoms with van der Waals surface area (Å²) in [5, 5.41) is 11.4. The molecule has 0 unspecified atom stereocenters. The smallest absolute Gasteiger partial charge is 0.411 e. The SMILES string of the molecule is N#CCCN(CCOC(=O)Nc1ccccc1)c1ccccc1. The molecule has 0 aliphatic rings. The maximum absolute atomic E-state index is 11.7. The lowest BCUT2D eigenvalue weighted by atomic mass is 10.2. The number of hydrogen-bond acceptors (Lipinski definition) is 4. The molecule has 0 saturated carbocycles. The fourth-order valence-electron chi connectivity index (χ4n) is 2.12. The molecule has 2 rings (SSSR count). The van der Waals surface area contributed by atoms with Gasteiger partial charge in [0.15, 0.2) is 0 Å². The molecule has 5 heteroatoms. The predicted molar refractivity (Wildman–Crippen MR) is 90.3 cm³/mol. The van der Waals surface area contributed by atoms with Crippen LogP contribution in [0.25, 0.3) is 0 Å². The monoisotopic (exact) mass is 309 g/mol. The molecule has 23 heavy (non-hydrogen) atoms. The first kappa shape index (κ1) is 16.4. The highest BCUT2D eigenvalue weighted by molar-refractivity contribution is 5.84. The van der Waals surface area contributed by atoms with Crippen LogP contribution in [0.4, 0.5) is 16.2 Å². The molecule has 0 radical (unpaired) electrons. The molecule has 2 aromatic carbocycles. The Morgan fingerprint density at radius 2 is 1.70 bits per heavy atom. The number of rotatable bonds is 7. The third-order valence-corrected chi connectivity index (χ3v) is 3.23. The molecule has 0 saturated heterocycles. The van der Waals surface area contributed by atoms with E-state index < -0.39 is 6.09 Å². The van der Waals surface area contributed by atoms with Gasteiger partial charge in [0.2, 0.25) is 0 Å². The van der Waals surface area contributed by atoms with Crippen molar-refractivity contribution in [3.63, 3.8) is 0 Å². The Labute approximate surface area is 136 Å². The van der Waals surface area contributed by atoms with Crippen LogP contribution in [0.2, 0.25) is 0 Å². The van der Waals surface area contributed by atoms with Gasteiger partial charge in [0.05, 0.1) is 19.0 Å². The van der Waals surface area contributed by atoms with E-state index in [-0.39, 0.29) is 6.61 Å². The zero-order valence-electron chi connectivity index (χ0n) is 12.8. The number of anilines is 2. The van der Waals surface area contributed by atoms with Crippen molar-refractivity contribution < 1.29 is 9.53 Å². The summed E-state index contributed by atoms with van der Waals surface area (Å²) in [7, 11) is 0. The Morgan fingerprint density at radius 3 is 2.35 bits per heavy atom. The number of nitriles is 1. The summed E-state index contributed by atoms with van der Waals surface area (Å²) in [6.07, 6.45) is -0.0602. The van der Waals surface area contributed by atoms with Gasteiger partial charge < -0.3 is 9.64 Å². The standard InChI is InChI=1S/C18H19N3O2/c19-12-7-13-21(17-10-5-2-6-11-17)14-15-23-18(22)20-16-8-3-1-4-9-16/h1-6,8-11H,7,13-15H2,(H,20,22). The number of ether oxygens (including phenoxy) is 1. The summed E-state index contributed by atoms with van der Waals surface area (Å²) in [5.74, 6) is 0. The zero-order chi connectivity index (χ0) is 16.3. The van der Waals surface area contributed by atoms with E-state index in [1.54, 1.807) is 12.1 Å². The Morgan fingerprint density at radius 1 is 1.04 bits per heavy atom. The molecule has 1 amide bonds. The second kappa shape index (κ2) is 9.11. The fourth-order valence-corrected chi connectivity index (χ4v) is 2.12. The van der Waals surface area contributed by atoms with Gasteiger partial charge in [-0.3, -0.25) is 5.32 Å². The molecule has 0 bridgehead atoms. The molecule has 0 aliphatic carbocycles. The summed E-state index contributed by atoms with van der Waals surface area (Å²) in [4.78, 5) is 13.8. The van der Waals surface area contributed by atoms with Crippen molar-refractivity contribution in [2.45, 2.75) is 6.42 Å². The van der Waals surface area contributed by atoms with Crippen molar-refractivity contribution in [3.05, 3.63) is 60.7 Å². The summed E-state index contributed by atoms with van der Waals surface area (Å²) in [6, 6.07) is 21.1. The molecule has 5 nitrogen and oxygen atoms in total. The number of amides is 1. The van der Waals surface area contributed by atoms with E-state index in [4.69, 9.17) is 10.00 Å². The lowest BCUT2D eigenvalue weighted by molar-refractivity contribution is 0.164. The quantitative estimate of drug-likeness (QED) is 0.847. The Hall–Kier alpha value is -3.00. The summed E-state index contributed by atoms with van der Waals surface area (Å²) in [5.41, 5.74) is 1.71. The number of nitrogens with zero attached hydrogens (tertiary/aromatic N) is 2. The Kier molecular flexibility index (Phi) is 6.48. The van der Waals surface area contributed by atoms with Crippen LogP contribution in [-0.4, -0.2) is 25.8 Å².